The first-order valence-corrected chi connectivity index (χ1v) is 13.4. The predicted octanol–water partition coefficient (Wildman–Crippen LogP) is 8.87. The molecule has 9 atom stereocenters. The van der Waals surface area contributed by atoms with E-state index in [1.165, 1.54) is 69.8 Å². The molecule has 0 heterocycles. The Morgan fingerprint density at radius 2 is 1.48 bits per heavy atom. The van der Waals surface area contributed by atoms with Gasteiger partial charge >= 0.3 is 0 Å². The molecule has 9 unspecified atom stereocenters. The van der Waals surface area contributed by atoms with Gasteiger partial charge in [0.15, 0.2) is 0 Å². The smallest absolute Gasteiger partial charge is 0 e. The van der Waals surface area contributed by atoms with E-state index in [4.69, 9.17) is 0 Å². The summed E-state index contributed by atoms with van der Waals surface area (Å²) in [6.07, 6.45) is 17.2. The summed E-state index contributed by atoms with van der Waals surface area (Å²) in [6.45, 7) is 22.9. The minimum Gasteiger partial charge on any atom is -0.323 e. The van der Waals surface area contributed by atoms with Crippen molar-refractivity contribution >= 4 is 0 Å². The average Bonchev–Trinajstić information content (AvgIpc) is 2.99. The summed E-state index contributed by atoms with van der Waals surface area (Å²) in [7, 11) is 0. The molecule has 0 saturated heterocycles. The van der Waals surface area contributed by atoms with E-state index in [0.29, 0.717) is 27.1 Å². The molecule has 0 bridgehead atoms. The molecule has 1 radical (unpaired) electrons. The predicted molar refractivity (Wildman–Crippen MR) is 129 cm³/mol. The van der Waals surface area contributed by atoms with Crippen LogP contribution in [0.15, 0.2) is 12.2 Å². The van der Waals surface area contributed by atoms with Crippen LogP contribution in [0, 0.1) is 63.1 Å². The van der Waals surface area contributed by atoms with Gasteiger partial charge in [0.1, 0.15) is 0 Å². The molecule has 0 aromatic heterocycles. The van der Waals surface area contributed by atoms with E-state index in [-0.39, 0.29) is 32.7 Å². The van der Waals surface area contributed by atoms with Gasteiger partial charge in [0.25, 0.3) is 0 Å². The van der Waals surface area contributed by atoms with E-state index in [2.05, 4.69) is 61.5 Å². The van der Waals surface area contributed by atoms with Crippen LogP contribution in [0.3, 0.4) is 0 Å². The molecule has 5 aliphatic carbocycles. The summed E-state index contributed by atoms with van der Waals surface area (Å²) in [5, 5.41) is 0. The molecular weight excluding hydrogens is 449 g/mol. The van der Waals surface area contributed by atoms with Gasteiger partial charge in [-0.15, -0.1) is 0 Å². The second-order valence-corrected chi connectivity index (χ2v) is 14.4. The quantitative estimate of drug-likeness (QED) is 0.250. The SMILES string of the molecule is C=C(C)C1CCC2(C)CCC3(C)C(CCC4C5(C)CC[CH-]C(C)(C)C5CCC43C)C12.[Y]. The minimum atomic E-state index is 0. The maximum Gasteiger partial charge on any atom is 0 e. The van der Waals surface area contributed by atoms with Crippen molar-refractivity contribution < 1.29 is 32.7 Å². The molecule has 0 spiro atoms. The Morgan fingerprint density at radius 1 is 0.774 bits per heavy atom. The molecule has 5 rings (SSSR count). The molecule has 0 amide bonds. The second kappa shape index (κ2) is 7.67. The monoisotopic (exact) mass is 498 g/mol. The molecule has 0 aromatic rings. The largest absolute Gasteiger partial charge is 0.323 e. The minimum absolute atomic E-state index is 0. The Balaban J connectivity index is 0.00000231. The van der Waals surface area contributed by atoms with Crippen molar-refractivity contribution in [3.8, 4) is 0 Å². The molecule has 5 saturated carbocycles. The summed E-state index contributed by atoms with van der Waals surface area (Å²) in [5.41, 5.74) is 4.09. The zero-order valence-corrected chi connectivity index (χ0v) is 24.7. The van der Waals surface area contributed by atoms with Crippen molar-refractivity contribution in [2.24, 2.45) is 56.7 Å². The van der Waals surface area contributed by atoms with Gasteiger partial charge in [-0.1, -0.05) is 72.5 Å². The first-order valence-electron chi connectivity index (χ1n) is 13.4. The Labute approximate surface area is 219 Å². The molecule has 5 aliphatic rings. The number of allylic oxidation sites excluding steroid dienone is 1. The van der Waals surface area contributed by atoms with Crippen molar-refractivity contribution in [2.45, 2.75) is 113 Å². The fourth-order valence-corrected chi connectivity index (χ4v) is 11.3. The molecule has 0 aromatic carbocycles. The van der Waals surface area contributed by atoms with Crippen LogP contribution in [-0.4, -0.2) is 0 Å². The van der Waals surface area contributed by atoms with Gasteiger partial charge in [0.2, 0.25) is 0 Å². The zero-order valence-electron chi connectivity index (χ0n) is 21.8. The van der Waals surface area contributed by atoms with E-state index >= 15 is 0 Å². The van der Waals surface area contributed by atoms with Crippen LogP contribution in [0.4, 0.5) is 0 Å². The molecule has 1 heteroatoms. The van der Waals surface area contributed by atoms with Gasteiger partial charge in [-0.2, -0.15) is 11.8 Å². The van der Waals surface area contributed by atoms with Gasteiger partial charge in [-0.25, -0.2) is 0 Å². The van der Waals surface area contributed by atoms with Gasteiger partial charge in [-0.3, -0.25) is 0 Å². The van der Waals surface area contributed by atoms with E-state index < -0.39 is 0 Å². The number of rotatable bonds is 1. The Kier molecular flexibility index (Phi) is 6.17. The normalized spacial score (nSPS) is 55.1. The summed E-state index contributed by atoms with van der Waals surface area (Å²) >= 11 is 0. The Hall–Kier alpha value is 0.844. The first-order chi connectivity index (χ1) is 13.9. The number of hydrogen-bond acceptors (Lipinski definition) is 0. The molecular formula is C30H49Y-. The van der Waals surface area contributed by atoms with Crippen LogP contribution >= 0.6 is 0 Å². The standard InChI is InChI=1S/C30H49.Y/c1-20(2)21-12-16-27(5)18-19-29(7)22(25(21)27)10-11-24-28(6)15-9-14-26(3,4)23(28)13-17-30(24,29)8;/h14,21-25H,1,9-13,15-19H2,2-8H3;/q-1;. The molecule has 0 N–H and O–H groups in total. The summed E-state index contributed by atoms with van der Waals surface area (Å²) in [5.74, 6) is 4.42. The van der Waals surface area contributed by atoms with Crippen LogP contribution < -0.4 is 0 Å². The summed E-state index contributed by atoms with van der Waals surface area (Å²) in [6, 6.07) is 0. The van der Waals surface area contributed by atoms with Crippen molar-refractivity contribution in [1.29, 1.82) is 0 Å². The van der Waals surface area contributed by atoms with Crippen molar-refractivity contribution in [1.82, 2.24) is 0 Å². The third-order valence-corrected chi connectivity index (χ3v) is 13.0. The van der Waals surface area contributed by atoms with Crippen LogP contribution in [0.2, 0.25) is 0 Å². The topological polar surface area (TPSA) is 0 Å². The van der Waals surface area contributed by atoms with Crippen molar-refractivity contribution in [3.63, 3.8) is 0 Å². The van der Waals surface area contributed by atoms with Crippen LogP contribution in [-0.2, 0) is 32.7 Å². The second-order valence-electron chi connectivity index (χ2n) is 14.4. The van der Waals surface area contributed by atoms with Crippen molar-refractivity contribution in [3.05, 3.63) is 18.6 Å². The van der Waals surface area contributed by atoms with Crippen LogP contribution in [0.25, 0.3) is 0 Å². The summed E-state index contributed by atoms with van der Waals surface area (Å²) in [4.78, 5) is 0. The third-order valence-electron chi connectivity index (χ3n) is 13.0. The van der Waals surface area contributed by atoms with E-state index in [1.54, 1.807) is 0 Å². The third kappa shape index (κ3) is 3.18. The Bertz CT molecular complexity index is 737. The van der Waals surface area contributed by atoms with Crippen LogP contribution in [0.5, 0.6) is 0 Å². The van der Waals surface area contributed by atoms with E-state index in [9.17, 15) is 0 Å². The van der Waals surface area contributed by atoms with Gasteiger partial charge < -0.3 is 6.42 Å². The van der Waals surface area contributed by atoms with E-state index in [1.807, 2.05) is 0 Å². The van der Waals surface area contributed by atoms with Gasteiger partial charge in [0.05, 0.1) is 0 Å². The van der Waals surface area contributed by atoms with Gasteiger partial charge in [-0.05, 0) is 97.2 Å². The first kappa shape index (κ1) is 25.0. The fourth-order valence-electron chi connectivity index (χ4n) is 11.3. The summed E-state index contributed by atoms with van der Waals surface area (Å²) < 4.78 is 0. The average molecular weight is 499 g/mol. The van der Waals surface area contributed by atoms with Gasteiger partial charge in [0, 0.05) is 32.7 Å². The molecule has 31 heavy (non-hydrogen) atoms. The fraction of sp³-hybridized carbons (Fsp3) is 0.900. The maximum absolute atomic E-state index is 4.50. The Morgan fingerprint density at radius 3 is 2.16 bits per heavy atom. The molecule has 5 fully saturated rings. The maximum atomic E-state index is 4.50. The molecule has 0 nitrogen and oxygen atoms in total. The number of fused-ring (bicyclic) bond motifs is 7. The molecule has 0 aliphatic heterocycles. The van der Waals surface area contributed by atoms with E-state index in [0.717, 1.165) is 29.6 Å². The zero-order chi connectivity index (χ0) is 21.7. The van der Waals surface area contributed by atoms with Crippen LogP contribution in [0.1, 0.15) is 113 Å². The molecule has 173 valence electrons. The van der Waals surface area contributed by atoms with Crippen molar-refractivity contribution in [2.75, 3.05) is 0 Å². The number of hydrogen-bond donors (Lipinski definition) is 0.